The molecule has 0 saturated carbocycles. The number of aliphatic hydroxyl groups is 1. The van der Waals surface area contributed by atoms with Gasteiger partial charge in [0.25, 0.3) is 0 Å². The van der Waals surface area contributed by atoms with E-state index in [9.17, 15) is 14.7 Å². The SMILES string of the molecule is COc1ccc(C(=O)/C=C/C(=O)N2CCN(C(O)C[C@@H]3N=C(c4ccc(Cl)cc4)c4c(sc(C)c4C)N(C(C)=N)C3=N)CC2)cc1. The van der Waals surface area contributed by atoms with Crippen LogP contribution < -0.4 is 9.64 Å². The Kier molecular flexibility index (Phi) is 10.2. The molecule has 1 fully saturated rings. The molecule has 3 heterocycles. The number of anilines is 1. The number of thiophene rings is 1. The van der Waals surface area contributed by atoms with Crippen LogP contribution in [-0.4, -0.2) is 89.5 Å². The normalized spacial score (nSPS) is 17.8. The van der Waals surface area contributed by atoms with E-state index in [1.807, 2.05) is 30.9 Å². The van der Waals surface area contributed by atoms with E-state index >= 15 is 0 Å². The van der Waals surface area contributed by atoms with Crippen LogP contribution in [0.5, 0.6) is 5.75 Å². The number of allylic oxidation sites excluding steroid dienone is 1. The second-order valence-corrected chi connectivity index (χ2v) is 12.9. The molecule has 46 heavy (non-hydrogen) atoms. The first-order valence-corrected chi connectivity index (χ1v) is 16.1. The largest absolute Gasteiger partial charge is 0.497 e. The number of hydrogen-bond donors (Lipinski definition) is 3. The zero-order chi connectivity index (χ0) is 33.1. The summed E-state index contributed by atoms with van der Waals surface area (Å²) in [6.07, 6.45) is 1.77. The Morgan fingerprint density at radius 2 is 1.74 bits per heavy atom. The van der Waals surface area contributed by atoms with Crippen LogP contribution in [0.25, 0.3) is 0 Å². The van der Waals surface area contributed by atoms with Crippen molar-refractivity contribution >= 4 is 57.0 Å². The molecule has 1 saturated heterocycles. The van der Waals surface area contributed by atoms with Gasteiger partial charge in [-0.15, -0.1) is 11.3 Å². The molecule has 10 nitrogen and oxygen atoms in total. The van der Waals surface area contributed by atoms with Gasteiger partial charge in [0.1, 0.15) is 34.7 Å². The van der Waals surface area contributed by atoms with E-state index in [0.29, 0.717) is 48.2 Å². The highest BCUT2D eigenvalue weighted by atomic mass is 35.5. The number of benzene rings is 2. The van der Waals surface area contributed by atoms with Gasteiger partial charge in [-0.1, -0.05) is 23.7 Å². The fourth-order valence-corrected chi connectivity index (χ4v) is 6.95. The molecule has 0 radical (unpaired) electrons. The molecule has 0 aliphatic carbocycles. The summed E-state index contributed by atoms with van der Waals surface area (Å²) in [5, 5.41) is 30.5. The fraction of sp³-hybridized carbons (Fsp3) is 0.324. The van der Waals surface area contributed by atoms with Crippen molar-refractivity contribution in [2.45, 2.75) is 39.5 Å². The zero-order valence-electron chi connectivity index (χ0n) is 26.2. The lowest BCUT2D eigenvalue weighted by Gasteiger charge is -2.37. The number of rotatable bonds is 8. The number of hydrogen-bond acceptors (Lipinski definition) is 9. The number of carbonyl (C=O) groups is 2. The van der Waals surface area contributed by atoms with Gasteiger partial charge in [0.2, 0.25) is 5.91 Å². The molecule has 3 aromatic rings. The highest BCUT2D eigenvalue weighted by Crippen LogP contribution is 2.40. The minimum Gasteiger partial charge on any atom is -0.497 e. The van der Waals surface area contributed by atoms with Crippen molar-refractivity contribution in [3.05, 3.63) is 92.8 Å². The summed E-state index contributed by atoms with van der Waals surface area (Å²) in [4.78, 5) is 36.7. The molecule has 3 N–H and O–H groups in total. The lowest BCUT2D eigenvalue weighted by atomic mass is 9.99. The van der Waals surface area contributed by atoms with E-state index in [1.54, 1.807) is 60.2 Å². The van der Waals surface area contributed by atoms with Gasteiger partial charge in [-0.25, -0.2) is 0 Å². The molecule has 240 valence electrons. The number of nitrogens with one attached hydrogen (secondary N) is 2. The Morgan fingerprint density at radius 1 is 1.09 bits per heavy atom. The summed E-state index contributed by atoms with van der Waals surface area (Å²) in [7, 11) is 1.55. The lowest BCUT2D eigenvalue weighted by molar-refractivity contribution is -0.129. The molecule has 12 heteroatoms. The summed E-state index contributed by atoms with van der Waals surface area (Å²) in [5.41, 5.74) is 3.92. The maximum absolute atomic E-state index is 12.8. The number of ketones is 1. The maximum Gasteiger partial charge on any atom is 0.246 e. The average Bonchev–Trinajstić information content (AvgIpc) is 3.27. The first-order chi connectivity index (χ1) is 22.0. The summed E-state index contributed by atoms with van der Waals surface area (Å²) in [5.74, 6) is 0.421. The smallest absolute Gasteiger partial charge is 0.246 e. The number of fused-ring (bicyclic) bond motifs is 1. The van der Waals surface area contributed by atoms with Gasteiger partial charge in [0, 0.05) is 65.3 Å². The van der Waals surface area contributed by atoms with Crippen molar-refractivity contribution in [3.63, 3.8) is 0 Å². The third-order valence-corrected chi connectivity index (χ3v) is 9.78. The van der Waals surface area contributed by atoms with Crippen LogP contribution in [0, 0.1) is 24.7 Å². The standard InChI is InChI=1S/C34H37ClN6O4S/c1-20-21(2)46-34-31(20)32(24-5-9-25(35)10-6-24)38-27(33(37)41(34)22(3)36)19-30(44)40-17-15-39(16-18-40)29(43)14-13-28(42)23-7-11-26(45-4)12-8-23/h5-14,27,30,36-37,44H,15-19H2,1-4H3/b14-13+,36-22?,37-33?/t27-,30?/m0/s1. The molecule has 1 unspecified atom stereocenters. The molecule has 0 bridgehead atoms. The summed E-state index contributed by atoms with van der Waals surface area (Å²) >= 11 is 7.72. The number of aryl methyl sites for hydroxylation is 1. The highest BCUT2D eigenvalue weighted by molar-refractivity contribution is 7.17. The zero-order valence-corrected chi connectivity index (χ0v) is 27.8. The second kappa shape index (κ2) is 14.1. The first kappa shape index (κ1) is 33.2. The van der Waals surface area contributed by atoms with Gasteiger partial charge in [-0.3, -0.25) is 35.2 Å². The van der Waals surface area contributed by atoms with Crippen LogP contribution in [0.15, 0.2) is 65.7 Å². The van der Waals surface area contributed by atoms with Crippen LogP contribution in [-0.2, 0) is 4.79 Å². The van der Waals surface area contributed by atoms with E-state index in [-0.39, 0.29) is 29.8 Å². The van der Waals surface area contributed by atoms with Crippen molar-refractivity contribution < 1.29 is 19.4 Å². The van der Waals surface area contributed by atoms with Gasteiger partial charge < -0.3 is 14.7 Å². The van der Waals surface area contributed by atoms with E-state index < -0.39 is 12.3 Å². The molecule has 5 rings (SSSR count). The third-order valence-electron chi connectivity index (χ3n) is 8.33. The van der Waals surface area contributed by atoms with E-state index in [0.717, 1.165) is 26.6 Å². The fourth-order valence-electron chi connectivity index (χ4n) is 5.60. The van der Waals surface area contributed by atoms with Gasteiger partial charge in [0.15, 0.2) is 5.78 Å². The number of amides is 1. The van der Waals surface area contributed by atoms with Gasteiger partial charge >= 0.3 is 0 Å². The number of ether oxygens (including phenoxy) is 1. The lowest BCUT2D eigenvalue weighted by Crippen LogP contribution is -2.53. The van der Waals surface area contributed by atoms with E-state index in [1.165, 1.54) is 23.5 Å². The number of methoxy groups -OCH3 is 1. The monoisotopic (exact) mass is 660 g/mol. The topological polar surface area (TPSA) is 133 Å². The molecule has 2 atom stereocenters. The minimum atomic E-state index is -0.933. The van der Waals surface area contributed by atoms with Crippen LogP contribution in [0.4, 0.5) is 5.00 Å². The summed E-state index contributed by atoms with van der Waals surface area (Å²) < 4.78 is 5.12. The predicted octanol–water partition coefficient (Wildman–Crippen LogP) is 5.32. The molecular formula is C34H37ClN6O4S. The maximum atomic E-state index is 12.8. The van der Waals surface area contributed by atoms with E-state index in [4.69, 9.17) is 32.1 Å². The minimum absolute atomic E-state index is 0.124. The third kappa shape index (κ3) is 6.97. The number of aliphatic imine (C=N–C) groups is 1. The Morgan fingerprint density at radius 3 is 2.35 bits per heavy atom. The number of piperazine rings is 1. The molecule has 2 aliphatic heterocycles. The van der Waals surface area contributed by atoms with E-state index in [2.05, 4.69) is 0 Å². The summed E-state index contributed by atoms with van der Waals surface area (Å²) in [6, 6.07) is 13.4. The molecule has 1 aromatic heterocycles. The number of nitrogens with zero attached hydrogens (tertiary/aromatic N) is 4. The molecule has 1 amide bonds. The van der Waals surface area contributed by atoms with Crippen molar-refractivity contribution in [1.29, 1.82) is 10.8 Å². The molecule has 0 spiro atoms. The molecule has 2 aliphatic rings. The number of aliphatic hydroxyl groups excluding tert-OH is 1. The quantitative estimate of drug-likeness (QED) is 0.130. The van der Waals surface area contributed by atoms with Crippen molar-refractivity contribution in [1.82, 2.24) is 9.80 Å². The Bertz CT molecular complexity index is 1710. The van der Waals surface area contributed by atoms with Gasteiger partial charge in [-0.2, -0.15) is 0 Å². The Labute approximate surface area is 277 Å². The Hall–Kier alpha value is -4.16. The van der Waals surface area contributed by atoms with Gasteiger partial charge in [0.05, 0.1) is 12.8 Å². The van der Waals surface area contributed by atoms with Crippen molar-refractivity contribution in [2.24, 2.45) is 4.99 Å². The van der Waals surface area contributed by atoms with Crippen LogP contribution in [0.3, 0.4) is 0 Å². The number of halogens is 1. The van der Waals surface area contributed by atoms with Crippen LogP contribution >= 0.6 is 22.9 Å². The number of amidine groups is 2. The number of carbonyl (C=O) groups excluding carboxylic acids is 2. The average molecular weight is 661 g/mol. The first-order valence-electron chi connectivity index (χ1n) is 14.9. The molecular weight excluding hydrogens is 624 g/mol. The molecule has 2 aromatic carbocycles. The van der Waals surface area contributed by atoms with Crippen molar-refractivity contribution in [2.75, 3.05) is 38.2 Å². The van der Waals surface area contributed by atoms with Crippen LogP contribution in [0.1, 0.15) is 45.3 Å². The van der Waals surface area contributed by atoms with Crippen molar-refractivity contribution in [3.8, 4) is 5.75 Å². The Balaban J connectivity index is 1.29. The van der Waals surface area contributed by atoms with Crippen LogP contribution in [0.2, 0.25) is 5.02 Å². The highest BCUT2D eigenvalue weighted by Gasteiger charge is 2.36. The summed E-state index contributed by atoms with van der Waals surface area (Å²) in [6.45, 7) is 7.28. The predicted molar refractivity (Wildman–Crippen MR) is 184 cm³/mol. The van der Waals surface area contributed by atoms with Gasteiger partial charge in [-0.05, 0) is 68.8 Å². The second-order valence-electron chi connectivity index (χ2n) is 11.3.